The molecule has 0 atom stereocenters. The zero-order valence-electron chi connectivity index (χ0n) is 10.6. The minimum Gasteiger partial charge on any atom is -0.476 e. The normalized spacial score (nSPS) is 10.8. The van der Waals surface area contributed by atoms with Gasteiger partial charge in [-0.05, 0) is 24.4 Å². The summed E-state index contributed by atoms with van der Waals surface area (Å²) in [4.78, 5) is 15.9. The van der Waals surface area contributed by atoms with Crippen LogP contribution in [0, 0.1) is 0 Å². The van der Waals surface area contributed by atoms with Crippen LogP contribution in [0.2, 0.25) is 0 Å². The summed E-state index contributed by atoms with van der Waals surface area (Å²) in [5.41, 5.74) is -0.195. The lowest BCUT2D eigenvalue weighted by Gasteiger charge is -1.96. The first-order valence-corrected chi connectivity index (χ1v) is 6.86. The van der Waals surface area contributed by atoms with Gasteiger partial charge in [-0.3, -0.25) is 0 Å². The highest BCUT2D eigenvalue weighted by atomic mass is 32.1. The van der Waals surface area contributed by atoms with Gasteiger partial charge in [0.1, 0.15) is 0 Å². The van der Waals surface area contributed by atoms with Crippen molar-refractivity contribution in [1.29, 1.82) is 0 Å². The van der Waals surface area contributed by atoms with E-state index < -0.39 is 5.97 Å². The van der Waals surface area contributed by atoms with Crippen LogP contribution in [0.4, 0.5) is 0 Å². The first-order chi connectivity index (χ1) is 9.69. The van der Waals surface area contributed by atoms with Gasteiger partial charge in [0, 0.05) is 4.70 Å². The van der Waals surface area contributed by atoms with E-state index in [1.807, 2.05) is 30.3 Å². The largest absolute Gasteiger partial charge is 0.476 e. The highest BCUT2D eigenvalue weighted by molar-refractivity contribution is 7.22. The molecular formula is C14H11NO4S. The van der Waals surface area contributed by atoms with Crippen molar-refractivity contribution in [3.8, 4) is 16.7 Å². The number of aromatic nitrogens is 1. The number of ether oxygens (including phenoxy) is 1. The van der Waals surface area contributed by atoms with Crippen LogP contribution in [-0.4, -0.2) is 22.7 Å². The van der Waals surface area contributed by atoms with Crippen molar-refractivity contribution in [3.05, 3.63) is 36.0 Å². The number of carboxylic acids is 1. The summed E-state index contributed by atoms with van der Waals surface area (Å²) in [5, 5.41) is 10.2. The lowest BCUT2D eigenvalue weighted by Crippen LogP contribution is -2.01. The van der Waals surface area contributed by atoms with Crippen LogP contribution in [0.15, 0.2) is 34.7 Å². The van der Waals surface area contributed by atoms with Crippen molar-refractivity contribution in [2.45, 2.75) is 6.92 Å². The van der Waals surface area contributed by atoms with Gasteiger partial charge in [0.05, 0.1) is 11.5 Å². The second kappa shape index (κ2) is 4.97. The Morgan fingerprint density at radius 3 is 2.95 bits per heavy atom. The van der Waals surface area contributed by atoms with E-state index in [-0.39, 0.29) is 17.5 Å². The number of nitrogens with zero attached hydrogens (tertiary/aromatic N) is 1. The smallest absolute Gasteiger partial charge is 0.362 e. The molecule has 0 amide bonds. The summed E-state index contributed by atoms with van der Waals surface area (Å²) >= 11 is 1.50. The van der Waals surface area contributed by atoms with E-state index >= 15 is 0 Å². The lowest BCUT2D eigenvalue weighted by atomic mass is 10.2. The minimum atomic E-state index is -1.16. The zero-order chi connectivity index (χ0) is 14.1. The van der Waals surface area contributed by atoms with E-state index in [1.165, 1.54) is 11.3 Å². The van der Waals surface area contributed by atoms with Crippen molar-refractivity contribution in [3.63, 3.8) is 0 Å². The van der Waals surface area contributed by atoms with Crippen molar-refractivity contribution >= 4 is 27.4 Å². The Hall–Kier alpha value is -2.34. The quantitative estimate of drug-likeness (QED) is 0.793. The van der Waals surface area contributed by atoms with Crippen LogP contribution in [0.3, 0.4) is 0 Å². The van der Waals surface area contributed by atoms with Crippen LogP contribution in [0.25, 0.3) is 20.9 Å². The molecule has 1 aromatic carbocycles. The molecule has 20 heavy (non-hydrogen) atoms. The number of rotatable bonds is 4. The van der Waals surface area contributed by atoms with E-state index in [2.05, 4.69) is 4.98 Å². The standard InChI is InChI=1S/C14H11NO4S/c1-2-18-14-11(13(16)17)15-12(19-14)10-7-8-5-3-4-6-9(8)20-10/h3-7H,2H2,1H3,(H,16,17). The molecule has 1 N–H and O–H groups in total. The van der Waals surface area contributed by atoms with Gasteiger partial charge in [-0.25, -0.2) is 4.79 Å². The molecule has 0 saturated heterocycles. The Morgan fingerprint density at radius 1 is 1.45 bits per heavy atom. The number of benzene rings is 1. The number of carbonyl (C=O) groups is 1. The van der Waals surface area contributed by atoms with Crippen LogP contribution < -0.4 is 4.74 Å². The maximum atomic E-state index is 11.1. The highest BCUT2D eigenvalue weighted by Crippen LogP contribution is 2.35. The SMILES string of the molecule is CCOc1oc(-c2cc3ccccc3s2)nc1C(=O)O. The number of aromatic carboxylic acids is 1. The van der Waals surface area contributed by atoms with Crippen LogP contribution in [0.1, 0.15) is 17.4 Å². The van der Waals surface area contributed by atoms with E-state index in [0.29, 0.717) is 6.61 Å². The molecule has 0 radical (unpaired) electrons. The Bertz CT molecular complexity index is 741. The molecule has 0 fully saturated rings. The van der Waals surface area contributed by atoms with E-state index in [1.54, 1.807) is 6.92 Å². The predicted molar refractivity (Wildman–Crippen MR) is 75.5 cm³/mol. The second-order valence-electron chi connectivity index (χ2n) is 4.04. The summed E-state index contributed by atoms with van der Waals surface area (Å²) in [6.07, 6.45) is 0. The summed E-state index contributed by atoms with van der Waals surface area (Å²) in [6.45, 7) is 2.08. The second-order valence-corrected chi connectivity index (χ2v) is 5.13. The molecule has 2 aromatic heterocycles. The number of hydrogen-bond donors (Lipinski definition) is 1. The summed E-state index contributed by atoms with van der Waals surface area (Å²) in [5.74, 6) is -0.941. The number of fused-ring (bicyclic) bond motifs is 1. The van der Waals surface area contributed by atoms with Gasteiger partial charge in [0.2, 0.25) is 11.6 Å². The Labute approximate surface area is 118 Å². The molecule has 3 aromatic rings. The Morgan fingerprint density at radius 2 is 2.25 bits per heavy atom. The van der Waals surface area contributed by atoms with Crippen LogP contribution in [0.5, 0.6) is 5.95 Å². The number of carboxylic acid groups (broad SMARTS) is 1. The first kappa shape index (κ1) is 12.7. The molecular weight excluding hydrogens is 278 g/mol. The third-order valence-corrected chi connectivity index (χ3v) is 3.81. The number of oxazole rings is 1. The maximum Gasteiger partial charge on any atom is 0.362 e. The molecule has 3 rings (SSSR count). The Balaban J connectivity index is 2.09. The average molecular weight is 289 g/mol. The third kappa shape index (κ3) is 2.14. The molecule has 102 valence electrons. The lowest BCUT2D eigenvalue weighted by molar-refractivity contribution is 0.0683. The van der Waals surface area contributed by atoms with Crippen molar-refractivity contribution in [2.75, 3.05) is 6.61 Å². The highest BCUT2D eigenvalue weighted by Gasteiger charge is 2.22. The van der Waals surface area contributed by atoms with Gasteiger partial charge in [0.15, 0.2) is 0 Å². The summed E-state index contributed by atoms with van der Waals surface area (Å²) in [7, 11) is 0. The summed E-state index contributed by atoms with van der Waals surface area (Å²) in [6, 6.07) is 9.80. The van der Waals surface area contributed by atoms with Crippen LogP contribution >= 0.6 is 11.3 Å². The number of hydrogen-bond acceptors (Lipinski definition) is 5. The fraction of sp³-hybridized carbons (Fsp3) is 0.143. The molecule has 0 saturated carbocycles. The molecule has 0 bridgehead atoms. The van der Waals surface area contributed by atoms with Crippen molar-refractivity contribution < 1.29 is 19.1 Å². The van der Waals surface area contributed by atoms with Crippen molar-refractivity contribution in [2.24, 2.45) is 0 Å². The molecule has 0 aliphatic heterocycles. The van der Waals surface area contributed by atoms with Gasteiger partial charge >= 0.3 is 11.9 Å². The predicted octanol–water partition coefficient (Wildman–Crippen LogP) is 3.65. The van der Waals surface area contributed by atoms with Gasteiger partial charge < -0.3 is 14.3 Å². The van der Waals surface area contributed by atoms with Gasteiger partial charge in [-0.15, -0.1) is 11.3 Å². The van der Waals surface area contributed by atoms with Crippen LogP contribution in [-0.2, 0) is 0 Å². The zero-order valence-corrected chi connectivity index (χ0v) is 11.4. The van der Waals surface area contributed by atoms with E-state index in [4.69, 9.17) is 14.3 Å². The molecule has 0 unspecified atom stereocenters. The maximum absolute atomic E-state index is 11.1. The van der Waals surface area contributed by atoms with E-state index in [0.717, 1.165) is 15.0 Å². The summed E-state index contributed by atoms with van der Waals surface area (Å²) < 4.78 is 11.7. The molecule has 6 heteroatoms. The molecule has 0 aliphatic rings. The van der Waals surface area contributed by atoms with Gasteiger partial charge in [-0.1, -0.05) is 18.2 Å². The minimum absolute atomic E-state index is 0.0487. The van der Waals surface area contributed by atoms with E-state index in [9.17, 15) is 4.79 Å². The Kier molecular flexibility index (Phi) is 3.15. The van der Waals surface area contributed by atoms with Gasteiger partial charge in [-0.2, -0.15) is 4.98 Å². The molecule has 0 spiro atoms. The van der Waals surface area contributed by atoms with Gasteiger partial charge in [0.25, 0.3) is 0 Å². The fourth-order valence-corrected chi connectivity index (χ4v) is 2.85. The third-order valence-electron chi connectivity index (χ3n) is 2.71. The molecule has 2 heterocycles. The molecule has 5 nitrogen and oxygen atoms in total. The average Bonchev–Trinajstić information content (AvgIpc) is 3.02. The topological polar surface area (TPSA) is 72.6 Å². The molecule has 0 aliphatic carbocycles. The number of thiophene rings is 1. The monoisotopic (exact) mass is 289 g/mol. The van der Waals surface area contributed by atoms with Crippen molar-refractivity contribution in [1.82, 2.24) is 4.98 Å². The fourth-order valence-electron chi connectivity index (χ4n) is 1.86. The first-order valence-electron chi connectivity index (χ1n) is 6.05.